The molecule has 1 heterocycles. The number of carbonyl (C=O) groups excluding carboxylic acids is 1. The number of aliphatic hydroxyl groups is 1. The second kappa shape index (κ2) is 6.67. The molecule has 6 heteroatoms. The number of halogens is 1. The lowest BCUT2D eigenvalue weighted by atomic mass is 10.3. The van der Waals surface area contributed by atoms with Crippen LogP contribution < -0.4 is 0 Å². The van der Waals surface area contributed by atoms with Crippen LogP contribution in [0.1, 0.15) is 6.42 Å². The fraction of sp³-hybridized carbons (Fsp3) is 0.286. The van der Waals surface area contributed by atoms with Gasteiger partial charge in [0, 0.05) is 13.2 Å². The molecule has 0 spiro atoms. The van der Waals surface area contributed by atoms with Crippen molar-refractivity contribution in [3.63, 3.8) is 0 Å². The van der Waals surface area contributed by atoms with Crippen LogP contribution in [0.3, 0.4) is 0 Å². The van der Waals surface area contributed by atoms with Crippen LogP contribution in [0.5, 0.6) is 0 Å². The third-order valence-electron chi connectivity index (χ3n) is 2.77. The first-order chi connectivity index (χ1) is 9.65. The maximum atomic E-state index is 12.9. The van der Waals surface area contributed by atoms with Gasteiger partial charge in [0.25, 0.3) is 0 Å². The Bertz CT molecular complexity index is 530. The first kappa shape index (κ1) is 14.7. The van der Waals surface area contributed by atoms with E-state index in [2.05, 4.69) is 11.6 Å². The van der Waals surface area contributed by atoms with Gasteiger partial charge in [0.15, 0.2) is 5.17 Å². The van der Waals surface area contributed by atoms with Gasteiger partial charge in [-0.25, -0.2) is 9.38 Å². The van der Waals surface area contributed by atoms with E-state index in [-0.39, 0.29) is 23.6 Å². The molecule has 1 aromatic carbocycles. The van der Waals surface area contributed by atoms with Crippen LogP contribution >= 0.6 is 11.8 Å². The van der Waals surface area contributed by atoms with Crippen molar-refractivity contribution in [1.29, 1.82) is 0 Å². The molecule has 1 saturated heterocycles. The first-order valence-electron chi connectivity index (χ1n) is 6.19. The topological polar surface area (TPSA) is 52.9 Å². The summed E-state index contributed by atoms with van der Waals surface area (Å²) in [5.74, 6) is -0.407. The summed E-state index contributed by atoms with van der Waals surface area (Å²) in [5.41, 5.74) is 0.584. The number of rotatable bonds is 5. The van der Waals surface area contributed by atoms with Gasteiger partial charge in [-0.1, -0.05) is 17.8 Å². The highest BCUT2D eigenvalue weighted by Gasteiger charge is 2.36. The Morgan fingerprint density at radius 1 is 1.45 bits per heavy atom. The van der Waals surface area contributed by atoms with E-state index in [1.165, 1.54) is 28.8 Å². The Morgan fingerprint density at radius 3 is 2.75 bits per heavy atom. The van der Waals surface area contributed by atoms with Gasteiger partial charge in [0.2, 0.25) is 5.91 Å². The molecule has 0 aliphatic carbocycles. The minimum Gasteiger partial charge on any atom is -0.396 e. The molecule has 20 heavy (non-hydrogen) atoms. The standard InChI is InChI=1S/C14H15FN2O2S/c1-2-8-17-13(19)12(7-9-18)20-14(17)16-11-5-3-10(15)4-6-11/h2-6,12,18H,1,7-9H2. The Morgan fingerprint density at radius 2 is 2.15 bits per heavy atom. The smallest absolute Gasteiger partial charge is 0.242 e. The molecule has 1 aliphatic heterocycles. The maximum absolute atomic E-state index is 12.9. The number of amides is 1. The van der Waals surface area contributed by atoms with E-state index >= 15 is 0 Å². The molecule has 4 nitrogen and oxygen atoms in total. The van der Waals surface area contributed by atoms with Gasteiger partial charge in [-0.05, 0) is 30.7 Å². The van der Waals surface area contributed by atoms with Gasteiger partial charge in [-0.3, -0.25) is 9.69 Å². The zero-order valence-electron chi connectivity index (χ0n) is 10.8. The van der Waals surface area contributed by atoms with Gasteiger partial charge >= 0.3 is 0 Å². The predicted octanol–water partition coefficient (Wildman–Crippen LogP) is 2.33. The normalized spacial score (nSPS) is 20.7. The molecule has 1 aliphatic rings. The van der Waals surface area contributed by atoms with E-state index in [0.717, 1.165) is 0 Å². The number of hydrogen-bond acceptors (Lipinski definition) is 4. The van der Waals surface area contributed by atoms with E-state index in [4.69, 9.17) is 5.11 Å². The second-order valence-corrected chi connectivity index (χ2v) is 5.40. The lowest BCUT2D eigenvalue weighted by molar-refractivity contribution is -0.126. The SMILES string of the molecule is C=CCN1C(=O)C(CCO)SC1=Nc1ccc(F)cc1. The summed E-state index contributed by atoms with van der Waals surface area (Å²) in [5, 5.41) is 9.22. The Labute approximate surface area is 121 Å². The van der Waals surface area contributed by atoms with Gasteiger partial charge in [0.05, 0.1) is 10.9 Å². The van der Waals surface area contributed by atoms with Gasteiger partial charge < -0.3 is 5.11 Å². The summed E-state index contributed by atoms with van der Waals surface area (Å²) in [6.07, 6.45) is 2.01. The first-order valence-corrected chi connectivity index (χ1v) is 7.07. The van der Waals surface area contributed by atoms with Gasteiger partial charge in [0.1, 0.15) is 5.82 Å². The molecule has 0 aromatic heterocycles. The van der Waals surface area contributed by atoms with Crippen molar-refractivity contribution in [3.8, 4) is 0 Å². The highest BCUT2D eigenvalue weighted by molar-refractivity contribution is 8.15. The van der Waals surface area contributed by atoms with Crippen molar-refractivity contribution in [2.24, 2.45) is 4.99 Å². The van der Waals surface area contributed by atoms with Crippen molar-refractivity contribution < 1.29 is 14.3 Å². The Kier molecular flexibility index (Phi) is 4.92. The zero-order chi connectivity index (χ0) is 14.5. The Hall–Kier alpha value is -1.66. The number of nitrogens with zero attached hydrogens (tertiary/aromatic N) is 2. The number of aliphatic imine (C=N–C) groups is 1. The summed E-state index contributed by atoms with van der Waals surface area (Å²) < 4.78 is 12.9. The minimum absolute atomic E-state index is 0.0465. The van der Waals surface area contributed by atoms with Gasteiger partial charge in [-0.15, -0.1) is 6.58 Å². The van der Waals surface area contributed by atoms with Crippen LogP contribution in [-0.4, -0.2) is 39.5 Å². The molecule has 1 N–H and O–H groups in total. The molecule has 1 unspecified atom stereocenters. The average molecular weight is 294 g/mol. The lowest BCUT2D eigenvalue weighted by Gasteiger charge is -2.13. The molecule has 2 rings (SSSR count). The van der Waals surface area contributed by atoms with E-state index in [9.17, 15) is 9.18 Å². The molecule has 0 radical (unpaired) electrons. The molecule has 1 amide bonds. The van der Waals surface area contributed by atoms with E-state index < -0.39 is 0 Å². The van der Waals surface area contributed by atoms with E-state index in [0.29, 0.717) is 23.8 Å². The molecule has 1 fully saturated rings. The number of thioether (sulfide) groups is 1. The second-order valence-electron chi connectivity index (χ2n) is 4.23. The maximum Gasteiger partial charge on any atom is 0.242 e. The molecular formula is C14H15FN2O2S. The highest BCUT2D eigenvalue weighted by atomic mass is 32.2. The fourth-order valence-electron chi connectivity index (χ4n) is 1.82. The van der Waals surface area contributed by atoms with Crippen molar-refractivity contribution >= 4 is 28.5 Å². The average Bonchev–Trinajstić information content (AvgIpc) is 2.71. The number of benzene rings is 1. The van der Waals surface area contributed by atoms with Crippen molar-refractivity contribution in [2.45, 2.75) is 11.7 Å². The van der Waals surface area contributed by atoms with Crippen LogP contribution in [0, 0.1) is 5.82 Å². The number of carbonyl (C=O) groups is 1. The molecule has 1 atom stereocenters. The predicted molar refractivity (Wildman–Crippen MR) is 78.5 cm³/mol. The third-order valence-corrected chi connectivity index (χ3v) is 4.02. The molecule has 106 valence electrons. The van der Waals surface area contributed by atoms with Crippen LogP contribution in [0.15, 0.2) is 41.9 Å². The number of hydrogen-bond donors (Lipinski definition) is 1. The zero-order valence-corrected chi connectivity index (χ0v) is 11.6. The largest absolute Gasteiger partial charge is 0.396 e. The summed E-state index contributed by atoms with van der Waals surface area (Å²) in [6.45, 7) is 3.95. The lowest BCUT2D eigenvalue weighted by Crippen LogP contribution is -2.32. The van der Waals surface area contributed by atoms with Crippen molar-refractivity contribution in [3.05, 3.63) is 42.7 Å². The fourth-order valence-corrected chi connectivity index (χ4v) is 2.97. The summed E-state index contributed by atoms with van der Waals surface area (Å²) in [7, 11) is 0. The van der Waals surface area contributed by atoms with Crippen molar-refractivity contribution in [1.82, 2.24) is 4.90 Å². The molecule has 0 saturated carbocycles. The van der Waals surface area contributed by atoms with E-state index in [1.807, 2.05) is 0 Å². The van der Waals surface area contributed by atoms with Crippen molar-refractivity contribution in [2.75, 3.05) is 13.2 Å². The van der Waals surface area contributed by atoms with Crippen LogP contribution in [0.4, 0.5) is 10.1 Å². The summed E-state index contributed by atoms with van der Waals surface area (Å²) in [4.78, 5) is 18.0. The summed E-state index contributed by atoms with van der Waals surface area (Å²) in [6, 6.07) is 5.76. The number of amidine groups is 1. The third kappa shape index (κ3) is 3.26. The quantitative estimate of drug-likeness (QED) is 0.848. The summed E-state index contributed by atoms with van der Waals surface area (Å²) >= 11 is 1.32. The van der Waals surface area contributed by atoms with Gasteiger partial charge in [-0.2, -0.15) is 0 Å². The monoisotopic (exact) mass is 294 g/mol. The van der Waals surface area contributed by atoms with Crippen LogP contribution in [0.2, 0.25) is 0 Å². The number of aliphatic hydroxyl groups excluding tert-OH is 1. The Balaban J connectivity index is 2.25. The van der Waals surface area contributed by atoms with E-state index in [1.54, 1.807) is 18.2 Å². The molecule has 1 aromatic rings. The molecule has 0 bridgehead atoms. The minimum atomic E-state index is -0.329. The van der Waals surface area contributed by atoms with Crippen LogP contribution in [-0.2, 0) is 4.79 Å². The molecular weight excluding hydrogens is 279 g/mol. The van der Waals surface area contributed by atoms with Crippen LogP contribution in [0.25, 0.3) is 0 Å². The highest BCUT2D eigenvalue weighted by Crippen LogP contribution is 2.31.